The van der Waals surface area contributed by atoms with Gasteiger partial charge in [-0.2, -0.15) is 0 Å². The van der Waals surface area contributed by atoms with E-state index in [1.807, 2.05) is 28.7 Å². The molecule has 0 amide bonds. The summed E-state index contributed by atoms with van der Waals surface area (Å²) in [4.78, 5) is 0. The van der Waals surface area contributed by atoms with Crippen LogP contribution in [0.5, 0.6) is 5.75 Å². The topological polar surface area (TPSA) is 66.5 Å². The van der Waals surface area contributed by atoms with Crippen molar-refractivity contribution in [3.05, 3.63) is 24.8 Å². The highest BCUT2D eigenvalue weighted by Crippen LogP contribution is 2.30. The van der Waals surface area contributed by atoms with Gasteiger partial charge in [0, 0.05) is 9.13 Å². The molecule has 3 nitrogen and oxygen atoms in total. The number of aliphatic hydroxyl groups excluding tert-OH is 1. The molecule has 0 spiro atoms. The second-order valence-electron chi connectivity index (χ2n) is 2.61. The zero-order valence-electron chi connectivity index (χ0n) is 6.67. The summed E-state index contributed by atoms with van der Waals surface area (Å²) >= 11 is 4.18. The Balaban J connectivity index is 3.20. The Morgan fingerprint density at radius 1 is 1.38 bits per heavy atom. The number of aromatic hydroxyl groups is 1. The highest BCUT2D eigenvalue weighted by molar-refractivity contribution is 14.1. The van der Waals surface area contributed by atoms with Gasteiger partial charge in [0.15, 0.2) is 0 Å². The van der Waals surface area contributed by atoms with Gasteiger partial charge in [-0.1, -0.05) is 0 Å². The van der Waals surface area contributed by atoms with E-state index in [0.29, 0.717) is 5.56 Å². The molecule has 0 heterocycles. The molecule has 72 valence electrons. The van der Waals surface area contributed by atoms with E-state index >= 15 is 0 Å². The van der Waals surface area contributed by atoms with Crippen molar-refractivity contribution >= 4 is 45.2 Å². The van der Waals surface area contributed by atoms with Crippen LogP contribution in [-0.4, -0.2) is 16.8 Å². The maximum absolute atomic E-state index is 9.62. The summed E-state index contributed by atoms with van der Waals surface area (Å²) in [5.74, 6) is 0.169. The first-order valence-electron chi connectivity index (χ1n) is 3.60. The smallest absolute Gasteiger partial charge is 0.133 e. The van der Waals surface area contributed by atoms with Gasteiger partial charge in [0.05, 0.1) is 16.2 Å². The van der Waals surface area contributed by atoms with Crippen molar-refractivity contribution in [3.63, 3.8) is 0 Å². The van der Waals surface area contributed by atoms with Crippen molar-refractivity contribution in [2.75, 3.05) is 6.61 Å². The Labute approximate surface area is 104 Å². The van der Waals surface area contributed by atoms with Gasteiger partial charge in [-0.25, -0.2) is 0 Å². The highest BCUT2D eigenvalue weighted by Gasteiger charge is 2.13. The summed E-state index contributed by atoms with van der Waals surface area (Å²) in [6, 6.07) is 3.12. The van der Waals surface area contributed by atoms with Gasteiger partial charge < -0.3 is 15.9 Å². The van der Waals surface area contributed by atoms with Crippen LogP contribution in [0.4, 0.5) is 0 Å². The fourth-order valence-electron chi connectivity index (χ4n) is 0.967. The predicted octanol–water partition coefficient (Wildman–Crippen LogP) is 1.59. The van der Waals surface area contributed by atoms with Crippen molar-refractivity contribution in [1.82, 2.24) is 0 Å². The maximum Gasteiger partial charge on any atom is 0.133 e. The standard InChI is InChI=1S/C8H9I2NO2/c9-4-1-5(7(11)3-12)8(13)6(10)2-4/h1-2,7,12-13H,3,11H2. The molecule has 1 rings (SSSR count). The minimum atomic E-state index is -0.511. The van der Waals surface area contributed by atoms with Gasteiger partial charge in [-0.3, -0.25) is 0 Å². The lowest BCUT2D eigenvalue weighted by atomic mass is 10.1. The summed E-state index contributed by atoms with van der Waals surface area (Å²) < 4.78 is 1.75. The Hall–Kier alpha value is 0.400. The number of phenolic OH excluding ortho intramolecular Hbond substituents is 1. The average molecular weight is 405 g/mol. The van der Waals surface area contributed by atoms with Crippen LogP contribution in [0.2, 0.25) is 0 Å². The van der Waals surface area contributed by atoms with Crippen molar-refractivity contribution in [2.24, 2.45) is 5.73 Å². The van der Waals surface area contributed by atoms with Crippen molar-refractivity contribution in [3.8, 4) is 5.75 Å². The van der Waals surface area contributed by atoms with Crippen molar-refractivity contribution < 1.29 is 10.2 Å². The minimum absolute atomic E-state index is 0.163. The van der Waals surface area contributed by atoms with Crippen LogP contribution in [0.1, 0.15) is 11.6 Å². The molecule has 4 N–H and O–H groups in total. The lowest BCUT2D eigenvalue weighted by Gasteiger charge is -2.12. The van der Waals surface area contributed by atoms with E-state index in [1.165, 1.54) is 0 Å². The zero-order valence-corrected chi connectivity index (χ0v) is 11.0. The number of benzene rings is 1. The molecule has 0 aliphatic rings. The SMILES string of the molecule is NC(CO)c1cc(I)cc(I)c1O. The van der Waals surface area contributed by atoms with Crippen LogP contribution in [-0.2, 0) is 0 Å². The number of hydrogen-bond acceptors (Lipinski definition) is 3. The third-order valence-electron chi connectivity index (χ3n) is 1.65. The number of phenols is 1. The molecule has 1 aromatic rings. The van der Waals surface area contributed by atoms with Gasteiger partial charge in [-0.15, -0.1) is 0 Å². The van der Waals surface area contributed by atoms with Crippen LogP contribution in [0.15, 0.2) is 12.1 Å². The summed E-state index contributed by atoms with van der Waals surface area (Å²) in [6.07, 6.45) is 0. The van der Waals surface area contributed by atoms with Crippen LogP contribution >= 0.6 is 45.2 Å². The average Bonchev–Trinajstić information content (AvgIpc) is 2.10. The molecule has 0 radical (unpaired) electrons. The Kier molecular flexibility index (Phi) is 4.20. The number of halogens is 2. The number of rotatable bonds is 2. The first kappa shape index (κ1) is 11.5. The normalized spacial score (nSPS) is 12.9. The monoisotopic (exact) mass is 405 g/mol. The molecule has 1 unspecified atom stereocenters. The number of hydrogen-bond donors (Lipinski definition) is 3. The van der Waals surface area contributed by atoms with E-state index in [2.05, 4.69) is 22.6 Å². The second kappa shape index (κ2) is 4.76. The lowest BCUT2D eigenvalue weighted by Crippen LogP contribution is -2.15. The Bertz CT molecular complexity index is 317. The molecule has 0 aliphatic carbocycles. The molecular formula is C8H9I2NO2. The Morgan fingerprint density at radius 2 is 2.00 bits per heavy atom. The maximum atomic E-state index is 9.62. The largest absolute Gasteiger partial charge is 0.506 e. The van der Waals surface area contributed by atoms with E-state index < -0.39 is 6.04 Å². The molecule has 0 bridgehead atoms. The highest BCUT2D eigenvalue weighted by atomic mass is 127. The molecule has 5 heteroatoms. The first-order valence-corrected chi connectivity index (χ1v) is 5.76. The minimum Gasteiger partial charge on any atom is -0.506 e. The molecular weight excluding hydrogens is 396 g/mol. The third kappa shape index (κ3) is 2.67. The van der Waals surface area contributed by atoms with Gasteiger partial charge in [0.2, 0.25) is 0 Å². The molecule has 13 heavy (non-hydrogen) atoms. The fourth-order valence-corrected chi connectivity index (χ4v) is 2.86. The van der Waals surface area contributed by atoms with E-state index in [0.717, 1.165) is 7.14 Å². The van der Waals surface area contributed by atoms with Crippen LogP contribution in [0.25, 0.3) is 0 Å². The van der Waals surface area contributed by atoms with Crippen LogP contribution < -0.4 is 5.73 Å². The fraction of sp³-hybridized carbons (Fsp3) is 0.250. The van der Waals surface area contributed by atoms with E-state index in [1.54, 1.807) is 6.07 Å². The lowest BCUT2D eigenvalue weighted by molar-refractivity contribution is 0.265. The van der Waals surface area contributed by atoms with Gasteiger partial charge in [0.25, 0.3) is 0 Å². The molecule has 1 aromatic carbocycles. The van der Waals surface area contributed by atoms with Crippen molar-refractivity contribution in [2.45, 2.75) is 6.04 Å². The molecule has 0 saturated heterocycles. The van der Waals surface area contributed by atoms with Gasteiger partial charge >= 0.3 is 0 Å². The third-order valence-corrected chi connectivity index (χ3v) is 3.10. The molecule has 0 aliphatic heterocycles. The number of aliphatic hydroxyl groups is 1. The molecule has 0 aromatic heterocycles. The van der Waals surface area contributed by atoms with Gasteiger partial charge in [-0.05, 0) is 57.3 Å². The quantitative estimate of drug-likeness (QED) is 0.656. The molecule has 0 fully saturated rings. The molecule has 0 saturated carbocycles. The van der Waals surface area contributed by atoms with Gasteiger partial charge in [0.1, 0.15) is 5.75 Å². The summed E-state index contributed by atoms with van der Waals surface area (Å²) in [5.41, 5.74) is 6.21. The predicted molar refractivity (Wildman–Crippen MR) is 67.6 cm³/mol. The Morgan fingerprint density at radius 3 is 2.54 bits per heavy atom. The summed E-state index contributed by atoms with van der Waals surface area (Å²) in [5, 5.41) is 18.5. The van der Waals surface area contributed by atoms with E-state index in [4.69, 9.17) is 10.8 Å². The summed E-state index contributed by atoms with van der Waals surface area (Å²) in [7, 11) is 0. The molecule has 1 atom stereocenters. The second-order valence-corrected chi connectivity index (χ2v) is 5.02. The van der Waals surface area contributed by atoms with Crippen molar-refractivity contribution in [1.29, 1.82) is 0 Å². The van der Waals surface area contributed by atoms with E-state index in [9.17, 15) is 5.11 Å². The zero-order chi connectivity index (χ0) is 10.0. The van der Waals surface area contributed by atoms with Crippen LogP contribution in [0, 0.1) is 7.14 Å². The van der Waals surface area contributed by atoms with E-state index in [-0.39, 0.29) is 12.4 Å². The van der Waals surface area contributed by atoms with Crippen LogP contribution in [0.3, 0.4) is 0 Å². The number of nitrogens with two attached hydrogens (primary N) is 1. The summed E-state index contributed by atoms with van der Waals surface area (Å²) in [6.45, 7) is -0.163. The first-order chi connectivity index (χ1) is 6.06.